The third-order valence-corrected chi connectivity index (χ3v) is 2.97. The maximum atomic E-state index is 12.6. The summed E-state index contributed by atoms with van der Waals surface area (Å²) in [6, 6.07) is 7.64. The molecule has 0 aliphatic carbocycles. The Hall–Kier alpha value is -2.10. The average molecular weight is 258 g/mol. The molecule has 0 unspecified atom stereocenters. The first-order valence-corrected chi connectivity index (χ1v) is 6.27. The highest BCUT2D eigenvalue weighted by atomic mass is 16.5. The molecule has 2 rings (SSSR count). The zero-order valence-electron chi connectivity index (χ0n) is 11.7. The summed E-state index contributed by atoms with van der Waals surface area (Å²) in [6.45, 7) is 5.94. The van der Waals surface area contributed by atoms with Gasteiger partial charge in [-0.2, -0.15) is 5.10 Å². The number of hydrogen-bond acceptors (Lipinski definition) is 3. The van der Waals surface area contributed by atoms with Gasteiger partial charge in [-0.25, -0.2) is 0 Å². The van der Waals surface area contributed by atoms with Crippen LogP contribution in [0.1, 0.15) is 41.5 Å². The van der Waals surface area contributed by atoms with Crippen LogP contribution in [0, 0.1) is 6.92 Å². The summed E-state index contributed by atoms with van der Waals surface area (Å²) < 4.78 is 6.94. The van der Waals surface area contributed by atoms with Gasteiger partial charge in [-0.3, -0.25) is 9.48 Å². The zero-order chi connectivity index (χ0) is 14.0. The Kier molecular flexibility index (Phi) is 3.69. The van der Waals surface area contributed by atoms with Crippen molar-refractivity contribution in [1.29, 1.82) is 0 Å². The number of aryl methyl sites for hydroxylation is 1. The fourth-order valence-electron chi connectivity index (χ4n) is 2.03. The molecule has 0 saturated carbocycles. The van der Waals surface area contributed by atoms with E-state index in [1.807, 2.05) is 45.0 Å². The van der Waals surface area contributed by atoms with E-state index < -0.39 is 0 Å². The second-order valence-corrected chi connectivity index (χ2v) is 4.80. The van der Waals surface area contributed by atoms with Crippen LogP contribution in [0.4, 0.5) is 0 Å². The van der Waals surface area contributed by atoms with Crippen molar-refractivity contribution in [2.75, 3.05) is 7.11 Å². The van der Waals surface area contributed by atoms with Crippen molar-refractivity contribution in [2.24, 2.45) is 0 Å². The quantitative estimate of drug-likeness (QED) is 0.792. The van der Waals surface area contributed by atoms with Crippen molar-refractivity contribution >= 4 is 5.78 Å². The van der Waals surface area contributed by atoms with Crippen molar-refractivity contribution in [3.05, 3.63) is 47.3 Å². The lowest BCUT2D eigenvalue weighted by Gasteiger charge is -2.11. The lowest BCUT2D eigenvalue weighted by molar-refractivity contribution is 0.102. The summed E-state index contributed by atoms with van der Waals surface area (Å²) in [6.07, 6.45) is 1.59. The smallest absolute Gasteiger partial charge is 0.214 e. The van der Waals surface area contributed by atoms with Crippen LogP contribution in [-0.4, -0.2) is 22.7 Å². The van der Waals surface area contributed by atoms with E-state index in [0.717, 1.165) is 5.56 Å². The minimum atomic E-state index is -0.0632. The topological polar surface area (TPSA) is 44.1 Å². The Morgan fingerprint density at radius 3 is 2.68 bits per heavy atom. The van der Waals surface area contributed by atoms with Crippen molar-refractivity contribution in [1.82, 2.24) is 9.78 Å². The Morgan fingerprint density at radius 1 is 1.37 bits per heavy atom. The van der Waals surface area contributed by atoms with Crippen LogP contribution in [0.5, 0.6) is 5.75 Å². The Balaban J connectivity index is 2.51. The highest BCUT2D eigenvalue weighted by molar-refractivity contribution is 6.09. The van der Waals surface area contributed by atoms with Gasteiger partial charge in [0.25, 0.3) is 0 Å². The van der Waals surface area contributed by atoms with E-state index >= 15 is 0 Å². The Labute approximate surface area is 113 Å². The van der Waals surface area contributed by atoms with Gasteiger partial charge in [-0.1, -0.05) is 23.8 Å². The fourth-order valence-corrected chi connectivity index (χ4v) is 2.03. The van der Waals surface area contributed by atoms with E-state index in [2.05, 4.69) is 5.10 Å². The average Bonchev–Trinajstić information content (AvgIpc) is 2.81. The van der Waals surface area contributed by atoms with Gasteiger partial charge in [0.1, 0.15) is 0 Å². The van der Waals surface area contributed by atoms with Gasteiger partial charge in [0, 0.05) is 11.6 Å². The summed E-state index contributed by atoms with van der Waals surface area (Å²) in [5, 5.41) is 4.23. The molecule has 0 bridgehead atoms. The van der Waals surface area contributed by atoms with E-state index in [1.54, 1.807) is 18.0 Å². The Bertz CT molecular complexity index is 600. The zero-order valence-corrected chi connectivity index (χ0v) is 11.7. The largest absolute Gasteiger partial charge is 0.493 e. The molecule has 0 aliphatic rings. The summed E-state index contributed by atoms with van der Waals surface area (Å²) in [7, 11) is 1.55. The van der Waals surface area contributed by atoms with Crippen LogP contribution < -0.4 is 4.74 Å². The van der Waals surface area contributed by atoms with E-state index in [1.165, 1.54) is 0 Å². The third-order valence-electron chi connectivity index (χ3n) is 2.97. The van der Waals surface area contributed by atoms with E-state index in [0.29, 0.717) is 17.0 Å². The number of rotatable bonds is 4. The molecule has 1 heterocycles. The molecule has 0 atom stereocenters. The number of ketones is 1. The molecule has 2 aromatic rings. The van der Waals surface area contributed by atoms with Gasteiger partial charge in [0.15, 0.2) is 11.4 Å². The first-order valence-electron chi connectivity index (χ1n) is 6.27. The van der Waals surface area contributed by atoms with E-state index in [-0.39, 0.29) is 11.8 Å². The first kappa shape index (κ1) is 13.3. The number of nitrogens with zero attached hydrogens (tertiary/aromatic N) is 2. The molecule has 1 aromatic carbocycles. The molecule has 4 heteroatoms. The molecule has 0 spiro atoms. The molecule has 0 saturated heterocycles. The molecular formula is C15H18N2O2. The van der Waals surface area contributed by atoms with Crippen LogP contribution in [0.2, 0.25) is 0 Å². The maximum absolute atomic E-state index is 12.6. The summed E-state index contributed by atoms with van der Waals surface area (Å²) in [4.78, 5) is 12.6. The maximum Gasteiger partial charge on any atom is 0.214 e. The van der Waals surface area contributed by atoms with Crippen LogP contribution in [0.15, 0.2) is 30.5 Å². The normalized spacial score (nSPS) is 10.8. The monoisotopic (exact) mass is 258 g/mol. The highest BCUT2D eigenvalue weighted by Crippen LogP contribution is 2.24. The van der Waals surface area contributed by atoms with Crippen molar-refractivity contribution < 1.29 is 9.53 Å². The predicted octanol–water partition coefficient (Wildman–Crippen LogP) is 3.01. The van der Waals surface area contributed by atoms with Crippen LogP contribution in [0.25, 0.3) is 0 Å². The molecular weight excluding hydrogens is 240 g/mol. The summed E-state index contributed by atoms with van der Waals surface area (Å²) in [5.41, 5.74) is 2.21. The van der Waals surface area contributed by atoms with Gasteiger partial charge < -0.3 is 4.74 Å². The molecule has 0 N–H and O–H groups in total. The number of aromatic nitrogens is 2. The van der Waals surface area contributed by atoms with Crippen molar-refractivity contribution in [3.63, 3.8) is 0 Å². The number of carbonyl (C=O) groups is 1. The van der Waals surface area contributed by atoms with Gasteiger partial charge >= 0.3 is 0 Å². The second-order valence-electron chi connectivity index (χ2n) is 4.80. The SMILES string of the molecule is COc1cnn(C(C)C)c1C(=O)c1cccc(C)c1. The predicted molar refractivity (Wildman–Crippen MR) is 73.8 cm³/mol. The van der Waals surface area contributed by atoms with Crippen LogP contribution >= 0.6 is 0 Å². The number of hydrogen-bond donors (Lipinski definition) is 0. The van der Waals surface area contributed by atoms with Crippen LogP contribution in [0.3, 0.4) is 0 Å². The lowest BCUT2D eigenvalue weighted by Crippen LogP contribution is -2.14. The third kappa shape index (κ3) is 2.52. The van der Waals surface area contributed by atoms with Crippen LogP contribution in [-0.2, 0) is 0 Å². The standard InChI is InChI=1S/C15H18N2O2/c1-10(2)17-14(13(19-4)9-16-17)15(18)12-7-5-6-11(3)8-12/h5-10H,1-4H3. The molecule has 0 aliphatic heterocycles. The van der Waals surface area contributed by atoms with Gasteiger partial charge in [0.05, 0.1) is 13.3 Å². The number of methoxy groups -OCH3 is 1. The molecule has 0 amide bonds. The van der Waals surface area contributed by atoms with Gasteiger partial charge in [-0.15, -0.1) is 0 Å². The molecule has 19 heavy (non-hydrogen) atoms. The van der Waals surface area contributed by atoms with E-state index in [9.17, 15) is 4.79 Å². The molecule has 0 radical (unpaired) electrons. The molecule has 0 fully saturated rings. The molecule has 100 valence electrons. The Morgan fingerprint density at radius 2 is 2.11 bits per heavy atom. The number of ether oxygens (including phenoxy) is 1. The first-order chi connectivity index (χ1) is 9.04. The summed E-state index contributed by atoms with van der Waals surface area (Å²) >= 11 is 0. The van der Waals surface area contributed by atoms with Crippen molar-refractivity contribution in [3.8, 4) is 5.75 Å². The lowest BCUT2D eigenvalue weighted by atomic mass is 10.1. The minimum absolute atomic E-state index is 0.0632. The number of carbonyl (C=O) groups excluding carboxylic acids is 1. The fraction of sp³-hybridized carbons (Fsp3) is 0.333. The van der Waals surface area contributed by atoms with Gasteiger partial charge in [0.2, 0.25) is 5.78 Å². The molecule has 1 aromatic heterocycles. The summed E-state index contributed by atoms with van der Waals surface area (Å²) in [5.74, 6) is 0.451. The molecule has 4 nitrogen and oxygen atoms in total. The van der Waals surface area contributed by atoms with E-state index in [4.69, 9.17) is 4.74 Å². The minimum Gasteiger partial charge on any atom is -0.493 e. The highest BCUT2D eigenvalue weighted by Gasteiger charge is 2.22. The van der Waals surface area contributed by atoms with Crippen molar-refractivity contribution in [2.45, 2.75) is 26.8 Å². The second kappa shape index (κ2) is 5.26. The number of benzene rings is 1. The van der Waals surface area contributed by atoms with Gasteiger partial charge in [-0.05, 0) is 26.8 Å².